The Kier molecular flexibility index (Phi) is 16.2. The number of benzene rings is 4. The molecule has 0 fully saturated rings. The predicted octanol–water partition coefficient (Wildman–Crippen LogP) is 8.13. The predicted molar refractivity (Wildman–Crippen MR) is 175 cm³/mol. The maximum Gasteiger partial charge on any atom is 2.00 e. The van der Waals surface area contributed by atoms with Gasteiger partial charge in [0.25, 0.3) is 0 Å². The Hall–Kier alpha value is -1.52. The zero-order chi connectivity index (χ0) is 30.6. The summed E-state index contributed by atoms with van der Waals surface area (Å²) in [6, 6.07) is 21.4. The summed E-state index contributed by atoms with van der Waals surface area (Å²) >= 11 is 0. The normalized spacial score (nSPS) is 11.6. The van der Waals surface area contributed by atoms with E-state index in [1.807, 2.05) is 36.4 Å². The van der Waals surface area contributed by atoms with Crippen LogP contribution >= 0.6 is 0 Å². The molecule has 0 atom stereocenters. The van der Waals surface area contributed by atoms with Gasteiger partial charge in [0, 0.05) is 0 Å². The molecule has 0 N–H and O–H groups in total. The van der Waals surface area contributed by atoms with E-state index in [1.54, 1.807) is 36.4 Å². The topological polar surface area (TPSA) is 114 Å². The molecule has 0 aliphatic rings. The summed E-state index contributed by atoms with van der Waals surface area (Å²) in [6.07, 6.45) is 13.2. The Morgan fingerprint density at radius 3 is 1.21 bits per heavy atom. The van der Waals surface area contributed by atoms with Gasteiger partial charge in [-0.3, -0.25) is 0 Å². The van der Waals surface area contributed by atoms with Crippen molar-refractivity contribution >= 4 is 79.5 Å². The van der Waals surface area contributed by atoms with E-state index >= 15 is 0 Å². The zero-order valence-corrected chi connectivity index (χ0v) is 29.2. The second-order valence-corrected chi connectivity index (χ2v) is 13.6. The quantitative estimate of drug-likeness (QED) is 0.0773. The second kappa shape index (κ2) is 18.4. The standard InChI is InChI=1S/2C17H22O3S.Ca/c2*1-2-3-4-5-6-9-14-12-15-10-7-8-11-16(15)17(13-14)21(18,19)20;/h2*7-8,10-13H,2-6,9H2,1H3,(H,18,19,20);/q;;+2/p-2. The number of rotatable bonds is 14. The van der Waals surface area contributed by atoms with Crippen molar-refractivity contribution in [3.8, 4) is 0 Å². The monoisotopic (exact) mass is 650 g/mol. The minimum Gasteiger partial charge on any atom is -0.744 e. The van der Waals surface area contributed by atoms with E-state index in [1.165, 1.54) is 38.5 Å². The molecular formula is C34H42CaO6S2. The van der Waals surface area contributed by atoms with E-state index in [2.05, 4.69) is 13.8 Å². The molecule has 0 spiro atoms. The van der Waals surface area contributed by atoms with Crippen LogP contribution in [0, 0.1) is 0 Å². The van der Waals surface area contributed by atoms with Crippen LogP contribution < -0.4 is 0 Å². The molecule has 6 nitrogen and oxygen atoms in total. The van der Waals surface area contributed by atoms with Crippen molar-refractivity contribution in [2.24, 2.45) is 0 Å². The first-order valence-electron chi connectivity index (χ1n) is 15.0. The molecule has 0 saturated heterocycles. The third kappa shape index (κ3) is 12.1. The molecule has 43 heavy (non-hydrogen) atoms. The van der Waals surface area contributed by atoms with Crippen molar-refractivity contribution in [2.75, 3.05) is 0 Å². The number of fused-ring (bicyclic) bond motifs is 2. The van der Waals surface area contributed by atoms with Crippen LogP contribution in [0.25, 0.3) is 21.5 Å². The van der Waals surface area contributed by atoms with Crippen LogP contribution in [0.5, 0.6) is 0 Å². The Morgan fingerprint density at radius 2 is 0.860 bits per heavy atom. The van der Waals surface area contributed by atoms with Crippen molar-refractivity contribution in [3.05, 3.63) is 83.9 Å². The molecule has 4 rings (SSSR count). The van der Waals surface area contributed by atoms with Gasteiger partial charge in [-0.2, -0.15) is 0 Å². The van der Waals surface area contributed by atoms with Crippen LogP contribution in [0.1, 0.15) is 89.2 Å². The molecule has 9 heteroatoms. The van der Waals surface area contributed by atoms with E-state index in [9.17, 15) is 25.9 Å². The molecule has 0 radical (unpaired) electrons. The average molecular weight is 651 g/mol. The van der Waals surface area contributed by atoms with Gasteiger partial charge in [-0.15, -0.1) is 0 Å². The maximum atomic E-state index is 11.5. The average Bonchev–Trinajstić information content (AvgIpc) is 2.95. The Labute approximate surface area is 287 Å². The largest absolute Gasteiger partial charge is 2.00 e. The van der Waals surface area contributed by atoms with Gasteiger partial charge in [-0.25, -0.2) is 16.8 Å². The van der Waals surface area contributed by atoms with Crippen LogP contribution in [-0.2, 0) is 33.1 Å². The van der Waals surface area contributed by atoms with E-state index in [-0.39, 0.29) is 47.5 Å². The summed E-state index contributed by atoms with van der Waals surface area (Å²) in [5.41, 5.74) is 1.86. The number of unbranched alkanes of at least 4 members (excludes halogenated alkanes) is 8. The Balaban J connectivity index is 0.000000293. The SMILES string of the molecule is CCCCCCCc1cc(S(=O)(=O)[O-])c2ccccc2c1.CCCCCCCc1cc(S(=O)(=O)[O-])c2ccccc2c1.[Ca+2]. The van der Waals surface area contributed by atoms with Crippen LogP contribution in [0.3, 0.4) is 0 Å². The first kappa shape index (κ1) is 37.7. The van der Waals surface area contributed by atoms with E-state index in [4.69, 9.17) is 0 Å². The third-order valence-electron chi connectivity index (χ3n) is 7.44. The van der Waals surface area contributed by atoms with Gasteiger partial charge in [0.1, 0.15) is 20.2 Å². The maximum absolute atomic E-state index is 11.5. The Bertz CT molecular complexity index is 1540. The summed E-state index contributed by atoms with van der Waals surface area (Å²) in [7, 11) is -8.88. The van der Waals surface area contributed by atoms with Crippen molar-refractivity contribution in [2.45, 2.75) is 101 Å². The molecule has 0 bridgehead atoms. The first-order valence-corrected chi connectivity index (χ1v) is 17.8. The molecule has 228 valence electrons. The van der Waals surface area contributed by atoms with Crippen LogP contribution in [0.2, 0.25) is 0 Å². The van der Waals surface area contributed by atoms with Gasteiger partial charge in [0.05, 0.1) is 9.79 Å². The van der Waals surface area contributed by atoms with Crippen molar-refractivity contribution < 1.29 is 25.9 Å². The molecule has 4 aromatic rings. The molecule has 0 amide bonds. The van der Waals surface area contributed by atoms with Crippen molar-refractivity contribution in [1.82, 2.24) is 0 Å². The van der Waals surface area contributed by atoms with Crippen molar-refractivity contribution in [1.29, 1.82) is 0 Å². The molecule has 0 aromatic heterocycles. The fraction of sp³-hybridized carbons (Fsp3) is 0.412. The van der Waals surface area contributed by atoms with Gasteiger partial charge in [0.15, 0.2) is 0 Å². The van der Waals surface area contributed by atoms with Gasteiger partial charge in [-0.1, -0.05) is 126 Å². The smallest absolute Gasteiger partial charge is 0.744 e. The minimum atomic E-state index is -4.44. The number of hydrogen-bond acceptors (Lipinski definition) is 6. The minimum absolute atomic E-state index is 0. The molecule has 0 unspecified atom stereocenters. The summed E-state index contributed by atoms with van der Waals surface area (Å²) in [5, 5.41) is 2.67. The van der Waals surface area contributed by atoms with Gasteiger partial charge in [0.2, 0.25) is 0 Å². The van der Waals surface area contributed by atoms with E-state index in [0.717, 1.165) is 60.4 Å². The van der Waals surface area contributed by atoms with Crippen LogP contribution in [0.15, 0.2) is 82.6 Å². The summed E-state index contributed by atoms with van der Waals surface area (Å²) in [5.74, 6) is 0. The van der Waals surface area contributed by atoms with Gasteiger partial charge in [-0.05, 0) is 70.5 Å². The first-order chi connectivity index (χ1) is 20.0. The van der Waals surface area contributed by atoms with Crippen LogP contribution in [-0.4, -0.2) is 63.7 Å². The summed E-state index contributed by atoms with van der Waals surface area (Å²) in [6.45, 7) is 4.35. The molecule has 0 aliphatic heterocycles. The molecular weight excluding hydrogens is 609 g/mol. The summed E-state index contributed by atoms with van der Waals surface area (Å²) < 4.78 is 68.8. The third-order valence-corrected chi connectivity index (χ3v) is 9.20. The summed E-state index contributed by atoms with van der Waals surface area (Å²) in [4.78, 5) is -0.187. The molecule has 0 heterocycles. The second-order valence-electron chi connectivity index (χ2n) is 10.9. The number of aryl methyl sites for hydroxylation is 2. The number of hydrogen-bond donors (Lipinski definition) is 0. The molecule has 0 aliphatic carbocycles. The molecule has 4 aromatic carbocycles. The zero-order valence-electron chi connectivity index (χ0n) is 25.4. The van der Waals surface area contributed by atoms with E-state index < -0.39 is 20.2 Å². The van der Waals surface area contributed by atoms with Crippen molar-refractivity contribution in [3.63, 3.8) is 0 Å². The van der Waals surface area contributed by atoms with E-state index in [0.29, 0.717) is 10.8 Å². The van der Waals surface area contributed by atoms with Gasteiger partial charge < -0.3 is 9.11 Å². The Morgan fingerprint density at radius 1 is 0.512 bits per heavy atom. The molecule has 0 saturated carbocycles. The fourth-order valence-electron chi connectivity index (χ4n) is 5.24. The van der Waals surface area contributed by atoms with Crippen LogP contribution in [0.4, 0.5) is 0 Å². The fourth-order valence-corrected chi connectivity index (χ4v) is 6.74. The van der Waals surface area contributed by atoms with Gasteiger partial charge >= 0.3 is 37.7 Å².